The molecule has 0 atom stereocenters. The second-order valence-electron chi connectivity index (χ2n) is 6.08. The molecule has 116 valence electrons. The van der Waals surface area contributed by atoms with E-state index in [-0.39, 0.29) is 5.75 Å². The maximum atomic E-state index is 11.5. The number of aromatic hydroxyl groups is 1. The molecule has 2 aromatic carbocycles. The molecule has 0 bridgehead atoms. The van der Waals surface area contributed by atoms with Crippen molar-refractivity contribution >= 4 is 22.9 Å². The van der Waals surface area contributed by atoms with Crippen LogP contribution in [0.15, 0.2) is 42.5 Å². The molecule has 1 amide bonds. The Morgan fingerprint density at radius 1 is 1.18 bits per heavy atom. The van der Waals surface area contributed by atoms with Gasteiger partial charge in [0, 0.05) is 6.54 Å². The summed E-state index contributed by atoms with van der Waals surface area (Å²) in [6.07, 6.45) is 3.38. The second kappa shape index (κ2) is 6.52. The maximum Gasteiger partial charge on any atom is 0.407 e. The van der Waals surface area contributed by atoms with Gasteiger partial charge in [0.2, 0.25) is 0 Å². The number of ether oxygens (including phenoxy) is 1. The molecule has 4 heteroatoms. The summed E-state index contributed by atoms with van der Waals surface area (Å²) in [7, 11) is 0. The molecular weight excluding hydrogens is 278 g/mol. The number of rotatable bonds is 3. The number of hydrogen-bond donors (Lipinski definition) is 2. The van der Waals surface area contributed by atoms with Crippen molar-refractivity contribution in [2.45, 2.75) is 26.4 Å². The molecule has 4 nitrogen and oxygen atoms in total. The summed E-state index contributed by atoms with van der Waals surface area (Å²) in [5.74, 6) is 0.261. The van der Waals surface area contributed by atoms with Gasteiger partial charge >= 0.3 is 6.09 Å². The van der Waals surface area contributed by atoms with E-state index >= 15 is 0 Å². The van der Waals surface area contributed by atoms with Crippen LogP contribution in [0.4, 0.5) is 4.79 Å². The number of benzene rings is 2. The minimum atomic E-state index is -0.488. The highest BCUT2D eigenvalue weighted by molar-refractivity contribution is 5.85. The average Bonchev–Trinajstić information content (AvgIpc) is 2.41. The lowest BCUT2D eigenvalue weighted by molar-refractivity contribution is 0.0534. The summed E-state index contributed by atoms with van der Waals surface area (Å²) < 4.78 is 5.15. The highest BCUT2D eigenvalue weighted by atomic mass is 16.6. The molecule has 0 spiro atoms. The number of carbonyl (C=O) groups is 1. The van der Waals surface area contributed by atoms with Crippen molar-refractivity contribution in [1.82, 2.24) is 5.32 Å². The molecule has 0 aliphatic rings. The average molecular weight is 299 g/mol. The SMILES string of the molecule is CC(C)(C)OC(=O)NCC=Cc1ccc2cc(O)ccc2c1. The molecule has 0 heterocycles. The molecule has 0 aliphatic carbocycles. The summed E-state index contributed by atoms with van der Waals surface area (Å²) in [5, 5.41) is 14.2. The predicted molar refractivity (Wildman–Crippen MR) is 88.9 cm³/mol. The first-order valence-corrected chi connectivity index (χ1v) is 7.20. The third-order valence-electron chi connectivity index (χ3n) is 2.92. The second-order valence-corrected chi connectivity index (χ2v) is 6.08. The van der Waals surface area contributed by atoms with Gasteiger partial charge in [0.1, 0.15) is 11.4 Å². The van der Waals surface area contributed by atoms with E-state index in [4.69, 9.17) is 4.74 Å². The number of carbonyl (C=O) groups excluding carboxylic acids is 1. The topological polar surface area (TPSA) is 58.6 Å². The minimum absolute atomic E-state index is 0.261. The number of alkyl carbamates (subject to hydrolysis) is 1. The highest BCUT2D eigenvalue weighted by Crippen LogP contribution is 2.21. The number of phenolic OH excluding ortho intramolecular Hbond substituents is 1. The normalized spacial score (nSPS) is 11.8. The van der Waals surface area contributed by atoms with Gasteiger partial charge < -0.3 is 15.2 Å². The van der Waals surface area contributed by atoms with E-state index in [1.807, 2.05) is 57.2 Å². The molecule has 2 rings (SSSR count). The van der Waals surface area contributed by atoms with Gasteiger partial charge in [-0.05, 0) is 55.3 Å². The molecule has 0 aromatic heterocycles. The molecule has 2 aromatic rings. The van der Waals surface area contributed by atoms with Crippen LogP contribution in [-0.4, -0.2) is 23.3 Å². The smallest absolute Gasteiger partial charge is 0.407 e. The Labute approximate surface area is 130 Å². The Kier molecular flexibility index (Phi) is 4.71. The Morgan fingerprint density at radius 3 is 2.59 bits per heavy atom. The number of amides is 1. The summed E-state index contributed by atoms with van der Waals surface area (Å²) in [6.45, 7) is 5.89. The van der Waals surface area contributed by atoms with Crippen LogP contribution in [0.2, 0.25) is 0 Å². The molecule has 0 aliphatic heterocycles. The van der Waals surface area contributed by atoms with E-state index in [1.54, 1.807) is 12.1 Å². The van der Waals surface area contributed by atoms with Crippen molar-refractivity contribution in [3.05, 3.63) is 48.0 Å². The van der Waals surface area contributed by atoms with E-state index in [0.29, 0.717) is 6.54 Å². The summed E-state index contributed by atoms with van der Waals surface area (Å²) in [4.78, 5) is 11.5. The maximum absolute atomic E-state index is 11.5. The van der Waals surface area contributed by atoms with Crippen LogP contribution in [0.25, 0.3) is 16.8 Å². The Balaban J connectivity index is 1.93. The number of hydrogen-bond acceptors (Lipinski definition) is 3. The van der Waals surface area contributed by atoms with Gasteiger partial charge in [0.25, 0.3) is 0 Å². The van der Waals surface area contributed by atoms with E-state index in [2.05, 4.69) is 5.32 Å². The lowest BCUT2D eigenvalue weighted by Crippen LogP contribution is -2.32. The van der Waals surface area contributed by atoms with Gasteiger partial charge in [0.15, 0.2) is 0 Å². The van der Waals surface area contributed by atoms with Gasteiger partial charge in [-0.2, -0.15) is 0 Å². The molecule has 0 unspecified atom stereocenters. The van der Waals surface area contributed by atoms with Gasteiger partial charge in [-0.25, -0.2) is 4.79 Å². The molecule has 0 saturated heterocycles. The molecule has 0 saturated carbocycles. The van der Waals surface area contributed by atoms with Crippen LogP contribution < -0.4 is 5.32 Å². The van der Waals surface area contributed by atoms with E-state index in [0.717, 1.165) is 16.3 Å². The van der Waals surface area contributed by atoms with Crippen LogP contribution >= 0.6 is 0 Å². The molecule has 0 fully saturated rings. The molecule has 2 N–H and O–H groups in total. The fourth-order valence-corrected chi connectivity index (χ4v) is 2.01. The summed E-state index contributed by atoms with van der Waals surface area (Å²) >= 11 is 0. The monoisotopic (exact) mass is 299 g/mol. The Hall–Kier alpha value is -2.49. The molecular formula is C18H21NO3. The first kappa shape index (κ1) is 15.9. The van der Waals surface area contributed by atoms with Crippen LogP contribution in [0.1, 0.15) is 26.3 Å². The number of phenols is 1. The molecule has 22 heavy (non-hydrogen) atoms. The van der Waals surface area contributed by atoms with Crippen LogP contribution in [-0.2, 0) is 4.74 Å². The van der Waals surface area contributed by atoms with E-state index in [1.165, 1.54) is 0 Å². The van der Waals surface area contributed by atoms with E-state index in [9.17, 15) is 9.90 Å². The van der Waals surface area contributed by atoms with Gasteiger partial charge in [0.05, 0.1) is 0 Å². The number of nitrogens with one attached hydrogen (secondary N) is 1. The third-order valence-corrected chi connectivity index (χ3v) is 2.92. The number of fused-ring (bicyclic) bond motifs is 1. The first-order valence-electron chi connectivity index (χ1n) is 7.20. The summed E-state index contributed by atoms with van der Waals surface area (Å²) in [5.41, 5.74) is 0.543. The lowest BCUT2D eigenvalue weighted by Gasteiger charge is -2.19. The van der Waals surface area contributed by atoms with Crippen LogP contribution in [0, 0.1) is 0 Å². The predicted octanol–water partition coefficient (Wildman–Crippen LogP) is 4.08. The lowest BCUT2D eigenvalue weighted by atomic mass is 10.1. The quantitative estimate of drug-likeness (QED) is 0.897. The summed E-state index contributed by atoms with van der Waals surface area (Å²) in [6, 6.07) is 11.2. The largest absolute Gasteiger partial charge is 0.508 e. The van der Waals surface area contributed by atoms with Crippen molar-refractivity contribution in [1.29, 1.82) is 0 Å². The van der Waals surface area contributed by atoms with Gasteiger partial charge in [-0.1, -0.05) is 30.4 Å². The van der Waals surface area contributed by atoms with Crippen molar-refractivity contribution in [2.24, 2.45) is 0 Å². The van der Waals surface area contributed by atoms with Gasteiger partial charge in [-0.15, -0.1) is 0 Å². The fraction of sp³-hybridized carbons (Fsp3) is 0.278. The first-order chi connectivity index (χ1) is 10.3. The van der Waals surface area contributed by atoms with Crippen LogP contribution in [0.5, 0.6) is 5.75 Å². The van der Waals surface area contributed by atoms with Crippen molar-refractivity contribution in [2.75, 3.05) is 6.54 Å². The van der Waals surface area contributed by atoms with E-state index < -0.39 is 11.7 Å². The zero-order valence-electron chi connectivity index (χ0n) is 13.1. The molecule has 0 radical (unpaired) electrons. The van der Waals surface area contributed by atoms with Crippen molar-refractivity contribution < 1.29 is 14.6 Å². The fourth-order valence-electron chi connectivity index (χ4n) is 2.01. The van der Waals surface area contributed by atoms with Crippen LogP contribution in [0.3, 0.4) is 0 Å². The third kappa shape index (κ3) is 4.81. The minimum Gasteiger partial charge on any atom is -0.508 e. The van der Waals surface area contributed by atoms with Crippen molar-refractivity contribution in [3.63, 3.8) is 0 Å². The van der Waals surface area contributed by atoms with Gasteiger partial charge in [-0.3, -0.25) is 0 Å². The van der Waals surface area contributed by atoms with Crippen molar-refractivity contribution in [3.8, 4) is 5.75 Å². The Bertz CT molecular complexity index is 699. The highest BCUT2D eigenvalue weighted by Gasteiger charge is 2.14. The zero-order valence-corrected chi connectivity index (χ0v) is 13.1. The zero-order chi connectivity index (χ0) is 16.2. The standard InChI is InChI=1S/C18H21NO3/c1-18(2,3)22-17(21)19-10-4-5-13-6-7-15-12-16(20)9-8-14(15)11-13/h4-9,11-12,20H,10H2,1-3H3,(H,19,21). The Morgan fingerprint density at radius 2 is 1.86 bits per heavy atom.